The van der Waals surface area contributed by atoms with Crippen LogP contribution in [0, 0.1) is 0 Å². The van der Waals surface area contributed by atoms with Gasteiger partial charge in [-0.1, -0.05) is 78.3 Å². The van der Waals surface area contributed by atoms with Crippen molar-refractivity contribution < 1.29 is 0 Å². The molecule has 0 radical (unpaired) electrons. The molecule has 6 heteroatoms. The number of rotatable bonds is 4. The third kappa shape index (κ3) is 3.56. The van der Waals surface area contributed by atoms with Crippen molar-refractivity contribution in [2.24, 2.45) is 0 Å². The molecule has 5 rings (SSSR count). The van der Waals surface area contributed by atoms with Gasteiger partial charge in [0.05, 0.1) is 18.2 Å². The first kappa shape index (κ1) is 20.4. The molecule has 0 unspecified atom stereocenters. The van der Waals surface area contributed by atoms with E-state index in [1.54, 1.807) is 10.9 Å². The van der Waals surface area contributed by atoms with Crippen molar-refractivity contribution in [2.75, 3.05) is 0 Å². The van der Waals surface area contributed by atoms with E-state index in [1.807, 2.05) is 24.3 Å². The largest absolute Gasteiger partial charge is 0.312 e. The summed E-state index contributed by atoms with van der Waals surface area (Å²) in [6, 6.07) is 23.0. The summed E-state index contributed by atoms with van der Waals surface area (Å²) in [5.74, 6) is 0.454. The first-order valence-electron chi connectivity index (χ1n) is 10.4. The first-order chi connectivity index (χ1) is 15.5. The monoisotopic (exact) mass is 484 g/mol. The second-order valence-corrected chi connectivity index (χ2v) is 8.93. The summed E-state index contributed by atoms with van der Waals surface area (Å²) >= 11 is 3.60. The van der Waals surface area contributed by atoms with Crippen molar-refractivity contribution in [2.45, 2.75) is 19.8 Å². The minimum Gasteiger partial charge on any atom is -0.312 e. The normalized spacial score (nSPS) is 11.4. The van der Waals surface area contributed by atoms with Crippen LogP contribution in [0.25, 0.3) is 39.0 Å². The smallest absolute Gasteiger partial charge is 0.261 e. The van der Waals surface area contributed by atoms with Gasteiger partial charge >= 0.3 is 0 Å². The molecule has 0 bridgehead atoms. The topological polar surface area (TPSA) is 63.6 Å². The number of fused-ring (bicyclic) bond motifs is 1. The molecule has 2 aromatic heterocycles. The average molecular weight is 485 g/mol. The van der Waals surface area contributed by atoms with Gasteiger partial charge in [-0.25, -0.2) is 9.67 Å². The number of nitrogens with zero attached hydrogens (tertiary/aromatic N) is 3. The molecule has 0 aliphatic carbocycles. The third-order valence-electron chi connectivity index (χ3n) is 5.64. The zero-order chi connectivity index (χ0) is 22.2. The fourth-order valence-corrected chi connectivity index (χ4v) is 4.38. The summed E-state index contributed by atoms with van der Waals surface area (Å²) < 4.78 is 2.76. The predicted octanol–water partition coefficient (Wildman–Crippen LogP) is 6.33. The Kier molecular flexibility index (Phi) is 5.23. The minimum absolute atomic E-state index is 0.202. The zero-order valence-electron chi connectivity index (χ0n) is 17.7. The van der Waals surface area contributed by atoms with Crippen LogP contribution >= 0.6 is 15.9 Å². The second-order valence-electron chi connectivity index (χ2n) is 8.01. The van der Waals surface area contributed by atoms with E-state index >= 15 is 0 Å². The number of benzene rings is 3. The van der Waals surface area contributed by atoms with Crippen LogP contribution in [-0.4, -0.2) is 19.7 Å². The van der Waals surface area contributed by atoms with E-state index in [4.69, 9.17) is 0 Å². The molecule has 0 saturated heterocycles. The summed E-state index contributed by atoms with van der Waals surface area (Å²) in [4.78, 5) is 19.3. The molecule has 0 amide bonds. The van der Waals surface area contributed by atoms with Crippen LogP contribution in [0.15, 0.2) is 88.5 Å². The number of H-pyrrole nitrogens is 1. The lowest BCUT2D eigenvalue weighted by atomic mass is 9.91. The Labute approximate surface area is 193 Å². The molecule has 0 aliphatic rings. The van der Waals surface area contributed by atoms with Gasteiger partial charge in [-0.3, -0.25) is 4.79 Å². The Hall–Kier alpha value is -3.51. The molecule has 0 fully saturated rings. The maximum absolute atomic E-state index is 12.3. The van der Waals surface area contributed by atoms with Gasteiger partial charge in [0.25, 0.3) is 5.56 Å². The van der Waals surface area contributed by atoms with Gasteiger partial charge in [-0.05, 0) is 46.4 Å². The van der Waals surface area contributed by atoms with Crippen molar-refractivity contribution in [3.63, 3.8) is 0 Å². The fourth-order valence-electron chi connectivity index (χ4n) is 3.98. The van der Waals surface area contributed by atoms with Gasteiger partial charge in [0.15, 0.2) is 5.65 Å². The number of halogens is 1. The summed E-state index contributed by atoms with van der Waals surface area (Å²) in [5.41, 5.74) is 6.76. The predicted molar refractivity (Wildman–Crippen MR) is 132 cm³/mol. The Morgan fingerprint density at radius 1 is 0.969 bits per heavy atom. The molecule has 5 aromatic rings. The van der Waals surface area contributed by atoms with Crippen molar-refractivity contribution in [1.29, 1.82) is 0 Å². The number of hydrogen-bond donors (Lipinski definition) is 1. The second kappa shape index (κ2) is 8.20. The highest BCUT2D eigenvalue weighted by molar-refractivity contribution is 9.10. The van der Waals surface area contributed by atoms with E-state index in [9.17, 15) is 4.79 Å². The molecule has 0 spiro atoms. The van der Waals surface area contributed by atoms with Crippen LogP contribution in [0.5, 0.6) is 0 Å². The highest BCUT2D eigenvalue weighted by Crippen LogP contribution is 2.38. The van der Waals surface area contributed by atoms with Gasteiger partial charge in [-0.2, -0.15) is 5.10 Å². The number of aromatic nitrogens is 4. The van der Waals surface area contributed by atoms with Crippen LogP contribution in [-0.2, 0) is 0 Å². The van der Waals surface area contributed by atoms with E-state index < -0.39 is 0 Å². The molecule has 0 atom stereocenters. The lowest BCUT2D eigenvalue weighted by molar-refractivity contribution is 0.867. The molecule has 5 nitrogen and oxygen atoms in total. The number of nitrogens with one attached hydrogen (secondary N) is 1. The van der Waals surface area contributed by atoms with Crippen LogP contribution in [0.3, 0.4) is 0 Å². The Balaban J connectivity index is 1.82. The molecule has 2 heterocycles. The van der Waals surface area contributed by atoms with Gasteiger partial charge < -0.3 is 4.98 Å². The van der Waals surface area contributed by atoms with Gasteiger partial charge in [0.2, 0.25) is 0 Å². The van der Waals surface area contributed by atoms with Crippen molar-refractivity contribution in [3.8, 4) is 27.9 Å². The minimum atomic E-state index is -0.202. The highest BCUT2D eigenvalue weighted by atomic mass is 79.9. The maximum Gasteiger partial charge on any atom is 0.261 e. The molecular weight excluding hydrogens is 464 g/mol. The van der Waals surface area contributed by atoms with Crippen LogP contribution < -0.4 is 5.56 Å². The molecule has 32 heavy (non-hydrogen) atoms. The number of aromatic amines is 1. The van der Waals surface area contributed by atoms with Crippen LogP contribution in [0.2, 0.25) is 0 Å². The fraction of sp³-hybridized carbons (Fsp3) is 0.115. The summed E-state index contributed by atoms with van der Waals surface area (Å²) in [6.07, 6.45) is 2.98. The van der Waals surface area contributed by atoms with Crippen LogP contribution in [0.4, 0.5) is 0 Å². The SMILES string of the molecule is CC(C)c1ccc(-c2c(-c3cccc(Br)c3)cccc2-n2ncc3c(=O)[nH]cnc32)cc1. The quantitative estimate of drug-likeness (QED) is 0.324. The van der Waals surface area contributed by atoms with E-state index in [-0.39, 0.29) is 5.56 Å². The zero-order valence-corrected chi connectivity index (χ0v) is 19.3. The van der Waals surface area contributed by atoms with Crippen molar-refractivity contribution in [3.05, 3.63) is 99.6 Å². The van der Waals surface area contributed by atoms with Crippen molar-refractivity contribution in [1.82, 2.24) is 19.7 Å². The summed E-state index contributed by atoms with van der Waals surface area (Å²) in [7, 11) is 0. The Morgan fingerprint density at radius 3 is 2.50 bits per heavy atom. The lowest BCUT2D eigenvalue weighted by Gasteiger charge is -2.17. The molecular formula is C26H21BrN4O. The molecule has 158 valence electrons. The number of hydrogen-bond acceptors (Lipinski definition) is 3. The molecule has 0 aliphatic heterocycles. The lowest BCUT2D eigenvalue weighted by Crippen LogP contribution is -2.07. The van der Waals surface area contributed by atoms with Crippen LogP contribution in [0.1, 0.15) is 25.3 Å². The Bertz CT molecular complexity index is 1480. The molecule has 3 aromatic carbocycles. The van der Waals surface area contributed by atoms with Crippen molar-refractivity contribution >= 4 is 27.0 Å². The maximum atomic E-state index is 12.3. The highest BCUT2D eigenvalue weighted by Gasteiger charge is 2.18. The third-order valence-corrected chi connectivity index (χ3v) is 6.14. The first-order valence-corrected chi connectivity index (χ1v) is 11.2. The van der Waals surface area contributed by atoms with Gasteiger partial charge in [-0.15, -0.1) is 0 Å². The van der Waals surface area contributed by atoms with E-state index in [2.05, 4.69) is 87.3 Å². The summed E-state index contributed by atoms with van der Waals surface area (Å²) in [6.45, 7) is 4.38. The molecule has 0 saturated carbocycles. The van der Waals surface area contributed by atoms with E-state index in [0.717, 1.165) is 32.4 Å². The van der Waals surface area contributed by atoms with E-state index in [1.165, 1.54) is 11.9 Å². The summed E-state index contributed by atoms with van der Waals surface area (Å²) in [5, 5.41) is 5.00. The molecule has 1 N–H and O–H groups in total. The van der Waals surface area contributed by atoms with Gasteiger partial charge in [0.1, 0.15) is 5.39 Å². The Morgan fingerprint density at radius 2 is 1.75 bits per heavy atom. The average Bonchev–Trinajstić information content (AvgIpc) is 3.24. The van der Waals surface area contributed by atoms with E-state index in [0.29, 0.717) is 17.0 Å². The standard InChI is InChI=1S/C26H21BrN4O/c1-16(2)17-9-11-18(12-10-17)24-21(19-5-3-6-20(27)13-19)7-4-8-23(24)31-25-22(14-30-31)26(32)29-15-28-25/h3-16H,1-2H3,(H,28,29,32). The van der Waals surface area contributed by atoms with Gasteiger partial charge in [0, 0.05) is 10.0 Å².